The second kappa shape index (κ2) is 7.79. The molecule has 146 valence electrons. The molecule has 0 radical (unpaired) electrons. The summed E-state index contributed by atoms with van der Waals surface area (Å²) in [6.07, 6.45) is 9.25. The number of hydrazone groups is 1. The van der Waals surface area contributed by atoms with Crippen molar-refractivity contribution in [3.8, 4) is 0 Å². The van der Waals surface area contributed by atoms with E-state index >= 15 is 0 Å². The normalized spacial score (nSPS) is 14.2. The first kappa shape index (κ1) is 19.5. The van der Waals surface area contributed by atoms with Gasteiger partial charge in [0.05, 0.1) is 30.7 Å². The number of allylic oxidation sites excluding steroid dienone is 2. The summed E-state index contributed by atoms with van der Waals surface area (Å²) in [6, 6.07) is 1.38. The summed E-state index contributed by atoms with van der Waals surface area (Å²) in [5.41, 5.74) is 2.47. The fourth-order valence-corrected chi connectivity index (χ4v) is 2.63. The van der Waals surface area contributed by atoms with E-state index in [2.05, 4.69) is 26.6 Å². The van der Waals surface area contributed by atoms with Crippen LogP contribution in [-0.2, 0) is 6.54 Å². The van der Waals surface area contributed by atoms with Crippen LogP contribution in [0, 0.1) is 5.82 Å². The first-order chi connectivity index (χ1) is 13.2. The average molecular weight is 388 g/mol. The number of halogens is 3. The molecule has 0 spiro atoms. The van der Waals surface area contributed by atoms with E-state index in [1.807, 2.05) is 0 Å². The molecule has 6 nitrogen and oxygen atoms in total. The maximum Gasteiger partial charge on any atom is 0.262 e. The Hall–Kier alpha value is -3.23. The molecule has 0 saturated carbocycles. The summed E-state index contributed by atoms with van der Waals surface area (Å²) < 4.78 is 39.6. The third-order valence-corrected chi connectivity index (χ3v) is 3.88. The highest BCUT2D eigenvalue weighted by Gasteiger charge is 2.24. The predicted molar refractivity (Wildman–Crippen MR) is 100 cm³/mol. The first-order valence-electron chi connectivity index (χ1n) is 8.45. The van der Waals surface area contributed by atoms with Crippen molar-refractivity contribution in [3.63, 3.8) is 0 Å². The topological polar surface area (TPSA) is 57.5 Å². The molecule has 0 saturated heterocycles. The second-order valence-corrected chi connectivity index (χ2v) is 6.58. The lowest BCUT2D eigenvalue weighted by Gasteiger charge is -2.24. The molecule has 0 aromatic carbocycles. The molecule has 2 aromatic heterocycles. The second-order valence-electron chi connectivity index (χ2n) is 6.58. The Balaban J connectivity index is 1.76. The monoisotopic (exact) mass is 388 g/mol. The lowest BCUT2D eigenvalue weighted by molar-refractivity contribution is 0.0307. The van der Waals surface area contributed by atoms with E-state index in [4.69, 9.17) is 0 Å². The van der Waals surface area contributed by atoms with Gasteiger partial charge in [-0.3, -0.25) is 9.99 Å². The van der Waals surface area contributed by atoms with E-state index < -0.39 is 18.3 Å². The summed E-state index contributed by atoms with van der Waals surface area (Å²) in [5.74, 6) is -3.08. The Morgan fingerprint density at radius 3 is 2.50 bits per heavy atom. The fraction of sp³-hybridized carbons (Fsp3) is 0.263. The molecule has 3 rings (SSSR count). The zero-order valence-electron chi connectivity index (χ0n) is 15.5. The number of hydrogen-bond acceptors (Lipinski definition) is 6. The number of nitrogens with zero attached hydrogens (tertiary/aromatic N) is 6. The highest BCUT2D eigenvalue weighted by atomic mass is 19.3. The largest absolute Gasteiger partial charge is 0.338 e. The molecule has 2 aromatic rings. The number of hydrogen-bond donors (Lipinski definition) is 0. The minimum atomic E-state index is -2.85. The zero-order valence-corrected chi connectivity index (χ0v) is 15.5. The third-order valence-electron chi connectivity index (χ3n) is 3.88. The van der Waals surface area contributed by atoms with Gasteiger partial charge in [-0.15, -0.1) is 0 Å². The van der Waals surface area contributed by atoms with Crippen LogP contribution in [0.15, 0.2) is 60.4 Å². The van der Waals surface area contributed by atoms with Gasteiger partial charge in [0.1, 0.15) is 5.82 Å². The molecule has 0 aliphatic carbocycles. The molecule has 1 aliphatic heterocycles. The molecule has 3 heterocycles. The van der Waals surface area contributed by atoms with E-state index in [1.165, 1.54) is 30.4 Å². The minimum absolute atomic E-state index is 0.192. The number of anilines is 1. The van der Waals surface area contributed by atoms with Crippen LogP contribution in [0.3, 0.4) is 0 Å². The predicted octanol–water partition coefficient (Wildman–Crippen LogP) is 3.39. The van der Waals surface area contributed by atoms with Crippen molar-refractivity contribution < 1.29 is 13.2 Å². The van der Waals surface area contributed by atoms with Crippen LogP contribution >= 0.6 is 0 Å². The first-order valence-corrected chi connectivity index (χ1v) is 8.45. The Bertz CT molecular complexity index is 918. The Kier molecular flexibility index (Phi) is 5.43. The SMILES string of the molecule is C=C1C=CC(c2cnc(N(C)CC(C)(F)F)nc2)=NN1Cc1cncc(F)c1. The van der Waals surface area contributed by atoms with Gasteiger partial charge in [-0.05, 0) is 23.8 Å². The summed E-state index contributed by atoms with van der Waals surface area (Å²) in [4.78, 5) is 13.4. The molecule has 1 aliphatic rings. The minimum Gasteiger partial charge on any atom is -0.338 e. The van der Waals surface area contributed by atoms with Crippen LogP contribution in [0.4, 0.5) is 19.1 Å². The van der Waals surface area contributed by atoms with Gasteiger partial charge in [0.25, 0.3) is 5.92 Å². The molecule has 0 amide bonds. The average Bonchev–Trinajstić information content (AvgIpc) is 2.62. The number of alkyl halides is 2. The van der Waals surface area contributed by atoms with E-state index in [-0.39, 0.29) is 5.95 Å². The summed E-state index contributed by atoms with van der Waals surface area (Å²) in [5, 5.41) is 6.11. The van der Waals surface area contributed by atoms with Crippen molar-refractivity contribution in [2.24, 2.45) is 5.10 Å². The van der Waals surface area contributed by atoms with Crippen LogP contribution in [0.2, 0.25) is 0 Å². The standard InChI is InChI=1S/C19H19F3N6/c1-13-4-5-17(26-28(13)11-14-6-16(20)10-23-7-14)15-8-24-18(25-9-15)27(3)12-19(2,21)22/h4-10H,1,11-12H2,2-3H3. The molecule has 9 heteroatoms. The van der Waals surface area contributed by atoms with E-state index in [0.717, 1.165) is 13.1 Å². The molecule has 0 atom stereocenters. The van der Waals surface area contributed by atoms with Crippen molar-refractivity contribution in [1.82, 2.24) is 20.0 Å². The van der Waals surface area contributed by atoms with Crippen molar-refractivity contribution in [3.05, 3.63) is 72.2 Å². The van der Waals surface area contributed by atoms with Gasteiger partial charge >= 0.3 is 0 Å². The Labute approximate surface area is 160 Å². The molecule has 0 fully saturated rings. The van der Waals surface area contributed by atoms with Crippen molar-refractivity contribution in [2.45, 2.75) is 19.4 Å². The van der Waals surface area contributed by atoms with Crippen LogP contribution < -0.4 is 4.90 Å². The van der Waals surface area contributed by atoms with Crippen LogP contribution in [0.25, 0.3) is 0 Å². The number of pyridine rings is 1. The number of rotatable bonds is 6. The van der Waals surface area contributed by atoms with Gasteiger partial charge in [-0.1, -0.05) is 6.58 Å². The highest BCUT2D eigenvalue weighted by Crippen LogP contribution is 2.19. The quantitative estimate of drug-likeness (QED) is 0.759. The van der Waals surface area contributed by atoms with Crippen molar-refractivity contribution >= 4 is 11.7 Å². The lowest BCUT2D eigenvalue weighted by Crippen LogP contribution is -2.33. The molecule has 28 heavy (non-hydrogen) atoms. The summed E-state index contributed by atoms with van der Waals surface area (Å²) in [7, 11) is 1.50. The lowest BCUT2D eigenvalue weighted by atomic mass is 10.1. The molecule has 0 N–H and O–H groups in total. The van der Waals surface area contributed by atoms with E-state index in [9.17, 15) is 13.2 Å². The van der Waals surface area contributed by atoms with E-state index in [0.29, 0.717) is 29.1 Å². The molecular weight excluding hydrogens is 369 g/mol. The van der Waals surface area contributed by atoms with Crippen molar-refractivity contribution in [1.29, 1.82) is 0 Å². The van der Waals surface area contributed by atoms with Crippen LogP contribution in [0.1, 0.15) is 18.1 Å². The van der Waals surface area contributed by atoms with Gasteiger partial charge in [-0.25, -0.2) is 23.1 Å². The summed E-state index contributed by atoms with van der Waals surface area (Å²) in [6.45, 7) is 4.58. The van der Waals surface area contributed by atoms with Gasteiger partial charge < -0.3 is 4.90 Å². The molecule has 0 unspecified atom stereocenters. The highest BCUT2D eigenvalue weighted by molar-refractivity contribution is 6.09. The maximum absolute atomic E-state index is 13.3. The summed E-state index contributed by atoms with van der Waals surface area (Å²) >= 11 is 0. The smallest absolute Gasteiger partial charge is 0.262 e. The fourth-order valence-electron chi connectivity index (χ4n) is 2.63. The zero-order chi connectivity index (χ0) is 20.3. The molecule has 0 bridgehead atoms. The Morgan fingerprint density at radius 1 is 1.14 bits per heavy atom. The molecular formula is C19H19F3N6. The van der Waals surface area contributed by atoms with Gasteiger partial charge in [0.2, 0.25) is 5.95 Å². The van der Waals surface area contributed by atoms with Crippen LogP contribution in [0.5, 0.6) is 0 Å². The van der Waals surface area contributed by atoms with Gasteiger partial charge in [0, 0.05) is 38.1 Å². The maximum atomic E-state index is 13.3. The van der Waals surface area contributed by atoms with Gasteiger partial charge in [0.15, 0.2) is 0 Å². The van der Waals surface area contributed by atoms with Crippen LogP contribution in [-0.4, -0.2) is 45.2 Å². The van der Waals surface area contributed by atoms with Crippen molar-refractivity contribution in [2.75, 3.05) is 18.5 Å². The number of aromatic nitrogens is 3. The third kappa shape index (κ3) is 4.93. The Morgan fingerprint density at radius 2 is 1.86 bits per heavy atom. The van der Waals surface area contributed by atoms with E-state index in [1.54, 1.807) is 23.4 Å². The van der Waals surface area contributed by atoms with Gasteiger partial charge in [-0.2, -0.15) is 5.10 Å².